The van der Waals surface area contributed by atoms with Crippen LogP contribution in [0.5, 0.6) is 0 Å². The van der Waals surface area contributed by atoms with Gasteiger partial charge >= 0.3 is 5.97 Å². The van der Waals surface area contributed by atoms with Crippen LogP contribution in [0, 0.1) is 12.3 Å². The molecule has 0 saturated heterocycles. The standard InChI is InChI=1S/C10H11N3O2/c1-4-10(2,3)13-8-6-11-5-7(12-8)9(14)15/h1,5-6H,2-3H3,(H,12,13)(H,14,15). The van der Waals surface area contributed by atoms with Gasteiger partial charge in [0.15, 0.2) is 5.69 Å². The number of aromatic carboxylic acids is 1. The lowest BCUT2D eigenvalue weighted by Gasteiger charge is -2.19. The van der Waals surface area contributed by atoms with Gasteiger partial charge in [0.1, 0.15) is 5.82 Å². The maximum Gasteiger partial charge on any atom is 0.356 e. The Morgan fingerprint density at radius 2 is 2.27 bits per heavy atom. The predicted molar refractivity (Wildman–Crippen MR) is 55.5 cm³/mol. The van der Waals surface area contributed by atoms with Crippen molar-refractivity contribution in [1.29, 1.82) is 0 Å². The maximum atomic E-state index is 10.6. The number of hydrogen-bond acceptors (Lipinski definition) is 4. The van der Waals surface area contributed by atoms with Crippen molar-refractivity contribution in [1.82, 2.24) is 9.97 Å². The van der Waals surface area contributed by atoms with E-state index in [1.807, 2.05) is 0 Å². The van der Waals surface area contributed by atoms with E-state index in [1.165, 1.54) is 12.4 Å². The smallest absolute Gasteiger partial charge is 0.356 e. The molecule has 15 heavy (non-hydrogen) atoms. The molecule has 78 valence electrons. The highest BCUT2D eigenvalue weighted by molar-refractivity contribution is 5.85. The predicted octanol–water partition coefficient (Wildman–Crippen LogP) is 0.998. The van der Waals surface area contributed by atoms with Crippen LogP contribution < -0.4 is 5.32 Å². The van der Waals surface area contributed by atoms with E-state index in [4.69, 9.17) is 11.5 Å². The van der Waals surface area contributed by atoms with E-state index in [1.54, 1.807) is 13.8 Å². The molecule has 0 fully saturated rings. The Morgan fingerprint density at radius 3 is 2.80 bits per heavy atom. The van der Waals surface area contributed by atoms with Gasteiger partial charge in [0, 0.05) is 0 Å². The summed E-state index contributed by atoms with van der Waals surface area (Å²) in [6.45, 7) is 3.56. The molecule has 0 spiro atoms. The summed E-state index contributed by atoms with van der Waals surface area (Å²) in [5.41, 5.74) is -0.709. The largest absolute Gasteiger partial charge is 0.476 e. The first-order chi connectivity index (χ1) is 6.94. The van der Waals surface area contributed by atoms with Crippen molar-refractivity contribution in [2.45, 2.75) is 19.4 Å². The second kappa shape index (κ2) is 3.96. The van der Waals surface area contributed by atoms with Crippen LogP contribution in [0.15, 0.2) is 12.4 Å². The summed E-state index contributed by atoms with van der Waals surface area (Å²) in [5.74, 6) is 1.74. The monoisotopic (exact) mass is 205 g/mol. The number of hydrogen-bond donors (Lipinski definition) is 2. The SMILES string of the molecule is C#CC(C)(C)Nc1cncc(C(=O)O)n1. The summed E-state index contributed by atoms with van der Waals surface area (Å²) in [5, 5.41) is 11.6. The Hall–Kier alpha value is -2.09. The molecule has 0 amide bonds. The number of carbonyl (C=O) groups is 1. The van der Waals surface area contributed by atoms with Gasteiger partial charge in [-0.05, 0) is 13.8 Å². The van der Waals surface area contributed by atoms with Crippen molar-refractivity contribution < 1.29 is 9.90 Å². The maximum absolute atomic E-state index is 10.6. The van der Waals surface area contributed by atoms with Crippen molar-refractivity contribution in [3.05, 3.63) is 18.1 Å². The van der Waals surface area contributed by atoms with Crippen LogP contribution in [-0.4, -0.2) is 26.6 Å². The third kappa shape index (κ3) is 2.95. The van der Waals surface area contributed by atoms with E-state index in [0.29, 0.717) is 5.82 Å². The fourth-order valence-corrected chi connectivity index (χ4v) is 0.886. The van der Waals surface area contributed by atoms with Crippen molar-refractivity contribution in [2.75, 3.05) is 5.32 Å². The van der Waals surface area contributed by atoms with Gasteiger partial charge in [-0.3, -0.25) is 4.98 Å². The molecule has 0 aromatic carbocycles. The second-order valence-electron chi connectivity index (χ2n) is 3.49. The zero-order valence-corrected chi connectivity index (χ0v) is 8.48. The Balaban J connectivity index is 2.93. The molecule has 1 heterocycles. The summed E-state index contributed by atoms with van der Waals surface area (Å²) in [7, 11) is 0. The molecular weight excluding hydrogens is 194 g/mol. The number of nitrogens with one attached hydrogen (secondary N) is 1. The van der Waals surface area contributed by atoms with Crippen LogP contribution in [0.1, 0.15) is 24.3 Å². The van der Waals surface area contributed by atoms with Crippen molar-refractivity contribution in [3.8, 4) is 12.3 Å². The van der Waals surface area contributed by atoms with Gasteiger partial charge < -0.3 is 10.4 Å². The van der Waals surface area contributed by atoms with Gasteiger partial charge in [0.25, 0.3) is 0 Å². The number of carboxylic acid groups (broad SMARTS) is 1. The van der Waals surface area contributed by atoms with E-state index < -0.39 is 11.5 Å². The molecule has 2 N–H and O–H groups in total. The molecule has 1 aromatic rings. The van der Waals surface area contributed by atoms with Gasteiger partial charge in [-0.15, -0.1) is 6.42 Å². The molecule has 5 nitrogen and oxygen atoms in total. The highest BCUT2D eigenvalue weighted by Crippen LogP contribution is 2.10. The van der Waals surface area contributed by atoms with Crippen LogP contribution in [0.2, 0.25) is 0 Å². The van der Waals surface area contributed by atoms with E-state index in [2.05, 4.69) is 21.2 Å². The molecule has 0 bridgehead atoms. The average Bonchev–Trinajstić information content (AvgIpc) is 2.17. The first-order valence-electron chi connectivity index (χ1n) is 4.26. The van der Waals surface area contributed by atoms with Crippen molar-refractivity contribution >= 4 is 11.8 Å². The molecule has 1 aromatic heterocycles. The molecule has 0 radical (unpaired) electrons. The molecule has 1 rings (SSSR count). The lowest BCUT2D eigenvalue weighted by Crippen LogP contribution is -2.29. The van der Waals surface area contributed by atoms with E-state index in [9.17, 15) is 4.79 Å². The normalized spacial score (nSPS) is 10.5. The molecule has 0 aliphatic heterocycles. The second-order valence-corrected chi connectivity index (χ2v) is 3.49. The van der Waals surface area contributed by atoms with E-state index in [-0.39, 0.29) is 5.69 Å². The molecule has 5 heteroatoms. The topological polar surface area (TPSA) is 75.1 Å². The lowest BCUT2D eigenvalue weighted by atomic mass is 10.1. The van der Waals surface area contributed by atoms with Crippen LogP contribution >= 0.6 is 0 Å². The molecule has 0 unspecified atom stereocenters. The minimum atomic E-state index is -1.12. The Morgan fingerprint density at radius 1 is 1.60 bits per heavy atom. The Bertz CT molecular complexity index is 421. The van der Waals surface area contributed by atoms with Crippen LogP contribution in [-0.2, 0) is 0 Å². The zero-order valence-electron chi connectivity index (χ0n) is 8.48. The summed E-state index contributed by atoms with van der Waals surface area (Å²) >= 11 is 0. The number of nitrogens with zero attached hydrogens (tertiary/aromatic N) is 2. The van der Waals surface area contributed by atoms with Gasteiger partial charge in [0.2, 0.25) is 0 Å². The number of rotatable bonds is 3. The van der Waals surface area contributed by atoms with Crippen LogP contribution in [0.25, 0.3) is 0 Å². The van der Waals surface area contributed by atoms with Gasteiger partial charge in [-0.1, -0.05) is 5.92 Å². The molecular formula is C10H11N3O2. The fourth-order valence-electron chi connectivity index (χ4n) is 0.886. The third-order valence-electron chi connectivity index (χ3n) is 1.66. The summed E-state index contributed by atoms with van der Waals surface area (Å²) in [4.78, 5) is 18.2. The highest BCUT2D eigenvalue weighted by Gasteiger charge is 2.15. The number of terminal acetylenes is 1. The molecule has 0 saturated carbocycles. The van der Waals surface area contributed by atoms with Crippen LogP contribution in [0.4, 0.5) is 5.82 Å². The number of carboxylic acids is 1. The first kappa shape index (κ1) is 11.0. The Kier molecular flexibility index (Phi) is 2.90. The summed E-state index contributed by atoms with van der Waals surface area (Å²) in [6, 6.07) is 0. The zero-order chi connectivity index (χ0) is 11.5. The van der Waals surface area contributed by atoms with Crippen molar-refractivity contribution in [2.24, 2.45) is 0 Å². The number of aromatic nitrogens is 2. The van der Waals surface area contributed by atoms with E-state index >= 15 is 0 Å². The fraction of sp³-hybridized carbons (Fsp3) is 0.300. The summed E-state index contributed by atoms with van der Waals surface area (Å²) < 4.78 is 0. The minimum absolute atomic E-state index is 0.118. The van der Waals surface area contributed by atoms with E-state index in [0.717, 1.165) is 0 Å². The molecule has 0 atom stereocenters. The van der Waals surface area contributed by atoms with Gasteiger partial charge in [-0.25, -0.2) is 9.78 Å². The summed E-state index contributed by atoms with van der Waals surface area (Å²) in [6.07, 6.45) is 7.87. The first-order valence-corrected chi connectivity index (χ1v) is 4.26. The number of anilines is 1. The van der Waals surface area contributed by atoms with Crippen LogP contribution in [0.3, 0.4) is 0 Å². The van der Waals surface area contributed by atoms with Gasteiger partial charge in [0.05, 0.1) is 17.9 Å². The minimum Gasteiger partial charge on any atom is -0.476 e. The highest BCUT2D eigenvalue weighted by atomic mass is 16.4. The average molecular weight is 205 g/mol. The van der Waals surface area contributed by atoms with Crippen molar-refractivity contribution in [3.63, 3.8) is 0 Å². The van der Waals surface area contributed by atoms with Gasteiger partial charge in [-0.2, -0.15) is 0 Å². The Labute approximate surface area is 87.6 Å². The lowest BCUT2D eigenvalue weighted by molar-refractivity contribution is 0.0690. The quantitative estimate of drug-likeness (QED) is 0.720. The third-order valence-corrected chi connectivity index (χ3v) is 1.66. The molecule has 0 aliphatic carbocycles. The molecule has 0 aliphatic rings.